The largest absolute Gasteiger partial charge is 0.490 e. The molecule has 4 rings (SSSR count). The number of aliphatic carboxylic acids is 1. The van der Waals surface area contributed by atoms with Gasteiger partial charge in [-0.3, -0.25) is 4.79 Å². The predicted molar refractivity (Wildman–Crippen MR) is 99.7 cm³/mol. The average molecular weight is 430 g/mol. The van der Waals surface area contributed by atoms with Crippen LogP contribution in [0.25, 0.3) is 0 Å². The molecule has 1 aromatic heterocycles. The summed E-state index contributed by atoms with van der Waals surface area (Å²) >= 11 is 0. The van der Waals surface area contributed by atoms with Crippen LogP contribution in [0.1, 0.15) is 32.1 Å². The van der Waals surface area contributed by atoms with Crippen molar-refractivity contribution in [1.29, 1.82) is 0 Å². The predicted octanol–water partition coefficient (Wildman–Crippen LogP) is 2.01. The minimum atomic E-state index is -5.08. The van der Waals surface area contributed by atoms with Gasteiger partial charge in [0.1, 0.15) is 0 Å². The molecule has 166 valence electrons. The zero-order chi connectivity index (χ0) is 21.8. The number of halogens is 3. The third-order valence-electron chi connectivity index (χ3n) is 5.87. The Hall–Kier alpha value is -2.43. The smallest absolute Gasteiger partial charge is 0.475 e. The third kappa shape index (κ3) is 5.59. The van der Waals surface area contributed by atoms with E-state index in [9.17, 15) is 18.0 Å². The average Bonchev–Trinajstić information content (AvgIpc) is 3.56. The molecule has 1 saturated carbocycles. The summed E-state index contributed by atoms with van der Waals surface area (Å²) in [4.78, 5) is 32.0. The van der Waals surface area contributed by atoms with Gasteiger partial charge in [0.15, 0.2) is 0 Å². The molecule has 1 aliphatic carbocycles. The van der Waals surface area contributed by atoms with Crippen LogP contribution in [0.2, 0.25) is 0 Å². The van der Waals surface area contributed by atoms with E-state index in [1.54, 1.807) is 12.4 Å². The Morgan fingerprint density at radius 2 is 1.77 bits per heavy atom. The number of carbonyl (C=O) groups excluding carboxylic acids is 1. The van der Waals surface area contributed by atoms with E-state index >= 15 is 0 Å². The summed E-state index contributed by atoms with van der Waals surface area (Å²) < 4.78 is 37.4. The van der Waals surface area contributed by atoms with E-state index in [0.717, 1.165) is 57.7 Å². The van der Waals surface area contributed by atoms with Crippen LogP contribution < -0.4 is 10.2 Å². The Kier molecular flexibility index (Phi) is 6.79. The molecule has 0 radical (unpaired) electrons. The summed E-state index contributed by atoms with van der Waals surface area (Å²) in [7, 11) is 0. The second-order valence-electron chi connectivity index (χ2n) is 7.86. The Morgan fingerprint density at radius 3 is 2.30 bits per heavy atom. The molecule has 3 fully saturated rings. The lowest BCUT2D eigenvalue weighted by Gasteiger charge is -2.49. The lowest BCUT2D eigenvalue weighted by atomic mass is 9.69. The Balaban J connectivity index is 0.000000318. The molecule has 0 aromatic carbocycles. The number of anilines is 1. The molecule has 8 nitrogen and oxygen atoms in total. The van der Waals surface area contributed by atoms with Crippen LogP contribution in [0.4, 0.5) is 19.1 Å². The van der Waals surface area contributed by atoms with Gasteiger partial charge in [0, 0.05) is 38.0 Å². The molecule has 2 aliphatic heterocycles. The maximum atomic E-state index is 12.2. The van der Waals surface area contributed by atoms with Crippen LogP contribution >= 0.6 is 0 Å². The first kappa shape index (κ1) is 22.3. The summed E-state index contributed by atoms with van der Waals surface area (Å²) in [5, 5.41) is 10.4. The van der Waals surface area contributed by atoms with Gasteiger partial charge in [-0.25, -0.2) is 14.8 Å². The van der Waals surface area contributed by atoms with Crippen molar-refractivity contribution < 1.29 is 32.6 Å². The molecule has 1 atom stereocenters. The monoisotopic (exact) mass is 430 g/mol. The number of rotatable bonds is 3. The van der Waals surface area contributed by atoms with Gasteiger partial charge in [0.05, 0.1) is 12.6 Å². The molecular formula is C19H25F3N4O4. The molecular weight excluding hydrogens is 405 g/mol. The zero-order valence-electron chi connectivity index (χ0n) is 16.4. The fraction of sp³-hybridized carbons (Fsp3) is 0.684. The number of nitrogens with zero attached hydrogens (tertiary/aromatic N) is 3. The van der Waals surface area contributed by atoms with Crippen molar-refractivity contribution in [3.8, 4) is 0 Å². The van der Waals surface area contributed by atoms with Crippen LogP contribution in [0.3, 0.4) is 0 Å². The molecule has 2 N–H and O–H groups in total. The van der Waals surface area contributed by atoms with Gasteiger partial charge in [-0.05, 0) is 43.6 Å². The van der Waals surface area contributed by atoms with E-state index < -0.39 is 12.1 Å². The Morgan fingerprint density at radius 1 is 1.17 bits per heavy atom. The van der Waals surface area contributed by atoms with Gasteiger partial charge in [0.2, 0.25) is 11.9 Å². The quantitative estimate of drug-likeness (QED) is 0.756. The lowest BCUT2D eigenvalue weighted by molar-refractivity contribution is -0.192. The molecule has 0 bridgehead atoms. The van der Waals surface area contributed by atoms with E-state index in [1.807, 2.05) is 6.07 Å². The van der Waals surface area contributed by atoms with Gasteiger partial charge < -0.3 is 20.1 Å². The molecule has 11 heteroatoms. The van der Waals surface area contributed by atoms with Crippen molar-refractivity contribution >= 4 is 17.8 Å². The zero-order valence-corrected chi connectivity index (χ0v) is 16.4. The number of alkyl halides is 3. The van der Waals surface area contributed by atoms with Gasteiger partial charge >= 0.3 is 12.1 Å². The van der Waals surface area contributed by atoms with Gasteiger partial charge in [-0.15, -0.1) is 0 Å². The minimum Gasteiger partial charge on any atom is -0.475 e. The summed E-state index contributed by atoms with van der Waals surface area (Å²) in [6.07, 6.45) is 3.75. The first-order valence-electron chi connectivity index (χ1n) is 9.91. The number of aromatic nitrogens is 2. The van der Waals surface area contributed by atoms with Gasteiger partial charge in [-0.1, -0.05) is 0 Å². The highest BCUT2D eigenvalue weighted by Gasteiger charge is 2.45. The standard InChI is InChI=1S/C17H24N4O2.C2HF3O2/c22-15(13-2-3-13)20-14-12-23-11-6-17(14)4-9-21(10-5-17)16-18-7-1-8-19-16;3-2(4,5)1(6)7/h1,7-8,13-14H,2-6,9-12H2,(H,20,22);(H,6,7). The van der Waals surface area contributed by atoms with Crippen molar-refractivity contribution in [2.75, 3.05) is 31.2 Å². The van der Waals surface area contributed by atoms with E-state index in [1.165, 1.54) is 0 Å². The summed E-state index contributed by atoms with van der Waals surface area (Å²) in [5.74, 6) is -1.46. The highest BCUT2D eigenvalue weighted by atomic mass is 19.4. The molecule has 1 spiro atoms. The second-order valence-corrected chi connectivity index (χ2v) is 7.86. The maximum Gasteiger partial charge on any atom is 0.490 e. The van der Waals surface area contributed by atoms with Crippen LogP contribution in [-0.4, -0.2) is 65.5 Å². The fourth-order valence-corrected chi connectivity index (χ4v) is 3.86. The Bertz CT molecular complexity index is 735. The number of carbonyl (C=O) groups is 2. The summed E-state index contributed by atoms with van der Waals surface area (Å²) in [6.45, 7) is 3.34. The van der Waals surface area contributed by atoms with E-state index in [0.29, 0.717) is 6.61 Å². The number of ether oxygens (including phenoxy) is 1. The number of amides is 1. The molecule has 3 heterocycles. The number of carboxylic acid groups (broad SMARTS) is 1. The normalized spacial score (nSPS) is 23.3. The lowest BCUT2D eigenvalue weighted by Crippen LogP contribution is -2.58. The maximum absolute atomic E-state index is 12.2. The SMILES string of the molecule is O=C(NC1COCCC12CCN(c1ncccn1)CC2)C1CC1.O=C(O)C(F)(F)F. The van der Waals surface area contributed by atoms with Crippen LogP contribution in [0.5, 0.6) is 0 Å². The second kappa shape index (κ2) is 9.15. The number of carboxylic acids is 1. The highest BCUT2D eigenvalue weighted by molar-refractivity contribution is 5.81. The van der Waals surface area contributed by atoms with Crippen molar-refractivity contribution in [3.05, 3.63) is 18.5 Å². The van der Waals surface area contributed by atoms with E-state index in [4.69, 9.17) is 14.6 Å². The van der Waals surface area contributed by atoms with Gasteiger partial charge in [0.25, 0.3) is 0 Å². The highest BCUT2D eigenvalue weighted by Crippen LogP contribution is 2.42. The Labute approximate surface area is 171 Å². The van der Waals surface area contributed by atoms with E-state index in [-0.39, 0.29) is 23.3 Å². The number of nitrogens with one attached hydrogen (secondary N) is 1. The minimum absolute atomic E-state index is 0.156. The molecule has 3 aliphatic rings. The topological polar surface area (TPSA) is 105 Å². The molecule has 1 aromatic rings. The number of piperidine rings is 1. The molecule has 2 saturated heterocycles. The van der Waals surface area contributed by atoms with Crippen LogP contribution in [0.15, 0.2) is 18.5 Å². The van der Waals surface area contributed by atoms with Crippen LogP contribution in [0, 0.1) is 11.3 Å². The van der Waals surface area contributed by atoms with Crippen molar-refractivity contribution in [2.45, 2.75) is 44.3 Å². The molecule has 1 amide bonds. The van der Waals surface area contributed by atoms with Crippen molar-refractivity contribution in [3.63, 3.8) is 0 Å². The number of hydrogen-bond acceptors (Lipinski definition) is 6. The number of hydrogen-bond donors (Lipinski definition) is 2. The third-order valence-corrected chi connectivity index (χ3v) is 5.87. The van der Waals surface area contributed by atoms with Crippen LogP contribution in [-0.2, 0) is 14.3 Å². The van der Waals surface area contributed by atoms with Gasteiger partial charge in [-0.2, -0.15) is 13.2 Å². The first-order chi connectivity index (χ1) is 14.2. The molecule has 1 unspecified atom stereocenters. The first-order valence-corrected chi connectivity index (χ1v) is 9.91. The van der Waals surface area contributed by atoms with E-state index in [2.05, 4.69) is 20.2 Å². The van der Waals surface area contributed by atoms with Crippen molar-refractivity contribution in [2.24, 2.45) is 11.3 Å². The molecule has 30 heavy (non-hydrogen) atoms. The fourth-order valence-electron chi connectivity index (χ4n) is 3.86. The van der Waals surface area contributed by atoms with Crippen molar-refractivity contribution in [1.82, 2.24) is 15.3 Å². The summed E-state index contributed by atoms with van der Waals surface area (Å²) in [5.41, 5.74) is 0.175. The summed E-state index contributed by atoms with van der Waals surface area (Å²) in [6, 6.07) is 2.00.